The predicted octanol–water partition coefficient (Wildman–Crippen LogP) is 0.133. The van der Waals surface area contributed by atoms with Crippen molar-refractivity contribution in [3.05, 3.63) is 0 Å². The Kier molecular flexibility index (Phi) is 2.57. The monoisotopic (exact) mass is 181 g/mol. The summed E-state index contributed by atoms with van der Waals surface area (Å²) in [6, 6.07) is 0. The zero-order valence-corrected chi connectivity index (χ0v) is 7.17. The summed E-state index contributed by atoms with van der Waals surface area (Å²) in [5.41, 5.74) is -0.980. The van der Waals surface area contributed by atoms with Crippen LogP contribution in [0, 0.1) is 12.3 Å². The van der Waals surface area contributed by atoms with E-state index in [2.05, 4.69) is 11.2 Å². The number of hydrogen-bond donors (Lipinski definition) is 2. The van der Waals surface area contributed by atoms with E-state index in [4.69, 9.17) is 11.5 Å². The van der Waals surface area contributed by atoms with Crippen molar-refractivity contribution in [1.82, 2.24) is 5.32 Å². The lowest BCUT2D eigenvalue weighted by atomic mass is 10.2. The predicted molar refractivity (Wildman–Crippen MR) is 45.8 cm³/mol. The Morgan fingerprint density at radius 3 is 2.54 bits per heavy atom. The molecule has 13 heavy (non-hydrogen) atoms. The maximum absolute atomic E-state index is 11.1. The first-order chi connectivity index (χ1) is 6.10. The Morgan fingerprint density at radius 1 is 1.54 bits per heavy atom. The Hall–Kier alpha value is -1.50. The van der Waals surface area contributed by atoms with Gasteiger partial charge in [-0.2, -0.15) is 0 Å². The van der Waals surface area contributed by atoms with E-state index in [-0.39, 0.29) is 12.3 Å². The second-order valence-corrected chi connectivity index (χ2v) is 3.14. The molecule has 2 N–H and O–H groups in total. The van der Waals surface area contributed by atoms with Crippen molar-refractivity contribution in [1.29, 1.82) is 0 Å². The van der Waals surface area contributed by atoms with Crippen LogP contribution in [0.4, 0.5) is 0 Å². The summed E-state index contributed by atoms with van der Waals surface area (Å²) in [6.07, 6.45) is 6.55. The Bertz CT molecular complexity index is 273. The molecular weight excluding hydrogens is 170 g/mol. The van der Waals surface area contributed by atoms with E-state index >= 15 is 0 Å². The Balaban J connectivity index is 2.37. The van der Waals surface area contributed by atoms with Crippen molar-refractivity contribution in [3.8, 4) is 12.3 Å². The van der Waals surface area contributed by atoms with Gasteiger partial charge in [0.15, 0.2) is 0 Å². The van der Waals surface area contributed by atoms with Crippen LogP contribution < -0.4 is 5.32 Å². The minimum atomic E-state index is -0.980. The number of terminal acetylenes is 1. The number of rotatable bonds is 4. The van der Waals surface area contributed by atoms with Gasteiger partial charge in [-0.1, -0.05) is 0 Å². The van der Waals surface area contributed by atoms with E-state index < -0.39 is 11.5 Å². The van der Waals surface area contributed by atoms with Crippen molar-refractivity contribution in [2.24, 2.45) is 0 Å². The first kappa shape index (κ1) is 9.59. The molecule has 70 valence electrons. The van der Waals surface area contributed by atoms with Gasteiger partial charge in [-0.25, -0.2) is 4.79 Å². The first-order valence-electron chi connectivity index (χ1n) is 4.08. The van der Waals surface area contributed by atoms with Gasteiger partial charge in [0.25, 0.3) is 0 Å². The van der Waals surface area contributed by atoms with Gasteiger partial charge in [0.2, 0.25) is 5.91 Å². The number of hydrogen-bond acceptors (Lipinski definition) is 2. The quantitative estimate of drug-likeness (QED) is 0.606. The lowest BCUT2D eigenvalue weighted by Gasteiger charge is -2.11. The lowest BCUT2D eigenvalue weighted by Crippen LogP contribution is -2.42. The van der Waals surface area contributed by atoms with Crippen molar-refractivity contribution < 1.29 is 14.7 Å². The van der Waals surface area contributed by atoms with Crippen molar-refractivity contribution >= 4 is 11.9 Å². The largest absolute Gasteiger partial charge is 0.480 e. The molecule has 1 fully saturated rings. The third-order valence-corrected chi connectivity index (χ3v) is 2.03. The van der Waals surface area contributed by atoms with Crippen LogP contribution in [0.5, 0.6) is 0 Å². The number of amides is 1. The molecule has 1 amide bonds. The van der Waals surface area contributed by atoms with E-state index in [1.807, 2.05) is 0 Å². The molecule has 0 atom stereocenters. The standard InChI is InChI=1S/C9H11NO3/c1-2-3-4-7(11)10-9(5-6-9)8(12)13/h1H,3-6H2,(H,10,11)(H,12,13). The van der Waals surface area contributed by atoms with Crippen LogP contribution in [-0.2, 0) is 9.59 Å². The maximum atomic E-state index is 11.1. The van der Waals surface area contributed by atoms with E-state index in [0.717, 1.165) is 0 Å². The van der Waals surface area contributed by atoms with E-state index in [0.29, 0.717) is 19.3 Å². The third kappa shape index (κ3) is 2.22. The molecule has 1 saturated carbocycles. The fourth-order valence-electron chi connectivity index (χ4n) is 1.03. The molecular formula is C9H11NO3. The molecule has 4 heteroatoms. The van der Waals surface area contributed by atoms with E-state index in [9.17, 15) is 9.59 Å². The molecule has 1 rings (SSSR count). The van der Waals surface area contributed by atoms with E-state index in [1.165, 1.54) is 0 Å². The summed E-state index contributed by atoms with van der Waals surface area (Å²) >= 11 is 0. The fourth-order valence-corrected chi connectivity index (χ4v) is 1.03. The van der Waals surface area contributed by atoms with Crippen LogP contribution in [0.1, 0.15) is 25.7 Å². The maximum Gasteiger partial charge on any atom is 0.329 e. The summed E-state index contributed by atoms with van der Waals surface area (Å²) < 4.78 is 0. The van der Waals surface area contributed by atoms with Gasteiger partial charge in [0.1, 0.15) is 5.54 Å². The molecule has 4 nitrogen and oxygen atoms in total. The molecule has 0 bridgehead atoms. The van der Waals surface area contributed by atoms with Gasteiger partial charge in [-0.05, 0) is 12.8 Å². The van der Waals surface area contributed by atoms with Crippen molar-refractivity contribution in [3.63, 3.8) is 0 Å². The third-order valence-electron chi connectivity index (χ3n) is 2.03. The molecule has 0 spiro atoms. The smallest absolute Gasteiger partial charge is 0.329 e. The number of aliphatic carboxylic acids is 1. The van der Waals surface area contributed by atoms with Gasteiger partial charge in [-0.15, -0.1) is 12.3 Å². The fraction of sp³-hybridized carbons (Fsp3) is 0.556. The molecule has 0 heterocycles. The van der Waals surface area contributed by atoms with Gasteiger partial charge in [0.05, 0.1) is 0 Å². The molecule has 0 aromatic heterocycles. The van der Waals surface area contributed by atoms with E-state index in [1.54, 1.807) is 0 Å². The molecule has 1 aliphatic carbocycles. The second kappa shape index (κ2) is 3.48. The molecule has 0 unspecified atom stereocenters. The number of carboxylic acid groups (broad SMARTS) is 1. The van der Waals surface area contributed by atoms with Crippen LogP contribution >= 0.6 is 0 Å². The lowest BCUT2D eigenvalue weighted by molar-refractivity contribution is -0.143. The minimum absolute atomic E-state index is 0.200. The summed E-state index contributed by atoms with van der Waals surface area (Å²) in [5.74, 6) is 1.09. The number of carbonyl (C=O) groups excluding carboxylic acids is 1. The van der Waals surface area contributed by atoms with Crippen LogP contribution in [0.15, 0.2) is 0 Å². The van der Waals surface area contributed by atoms with Crippen molar-refractivity contribution in [2.45, 2.75) is 31.2 Å². The van der Waals surface area contributed by atoms with Crippen LogP contribution in [0.2, 0.25) is 0 Å². The number of carbonyl (C=O) groups is 2. The Labute approximate surface area is 76.3 Å². The molecule has 0 radical (unpaired) electrons. The van der Waals surface area contributed by atoms with Gasteiger partial charge < -0.3 is 10.4 Å². The minimum Gasteiger partial charge on any atom is -0.480 e. The topological polar surface area (TPSA) is 66.4 Å². The summed E-state index contributed by atoms with van der Waals surface area (Å²) in [6.45, 7) is 0. The highest BCUT2D eigenvalue weighted by Crippen LogP contribution is 2.35. The Morgan fingerprint density at radius 2 is 2.15 bits per heavy atom. The highest BCUT2D eigenvalue weighted by atomic mass is 16.4. The molecule has 1 aliphatic rings. The summed E-state index contributed by atoms with van der Waals surface area (Å²) in [5, 5.41) is 11.2. The van der Waals surface area contributed by atoms with Gasteiger partial charge >= 0.3 is 5.97 Å². The second-order valence-electron chi connectivity index (χ2n) is 3.14. The van der Waals surface area contributed by atoms with Gasteiger partial charge in [-0.3, -0.25) is 4.79 Å². The summed E-state index contributed by atoms with van der Waals surface area (Å²) in [4.78, 5) is 21.7. The van der Waals surface area contributed by atoms with Crippen LogP contribution in [-0.4, -0.2) is 22.5 Å². The van der Waals surface area contributed by atoms with Gasteiger partial charge in [0, 0.05) is 12.8 Å². The molecule has 0 aromatic carbocycles. The summed E-state index contributed by atoms with van der Waals surface area (Å²) in [7, 11) is 0. The SMILES string of the molecule is C#CCCC(=O)NC1(C(=O)O)CC1. The average Bonchev–Trinajstić information content (AvgIpc) is 2.82. The molecule has 0 aromatic rings. The zero-order chi connectivity index (χ0) is 9.90. The van der Waals surface area contributed by atoms with Crippen molar-refractivity contribution in [2.75, 3.05) is 0 Å². The number of carboxylic acids is 1. The molecule has 0 aliphatic heterocycles. The first-order valence-corrected chi connectivity index (χ1v) is 4.08. The van der Waals surface area contributed by atoms with Crippen LogP contribution in [0.25, 0.3) is 0 Å². The molecule has 0 saturated heterocycles. The number of nitrogens with one attached hydrogen (secondary N) is 1. The zero-order valence-electron chi connectivity index (χ0n) is 7.17. The average molecular weight is 181 g/mol. The van der Waals surface area contributed by atoms with Crippen LogP contribution in [0.3, 0.4) is 0 Å². The normalized spacial score (nSPS) is 17.2. The highest BCUT2D eigenvalue weighted by Gasteiger charge is 2.51. The highest BCUT2D eigenvalue weighted by molar-refractivity contribution is 5.89.